The van der Waals surface area contributed by atoms with Gasteiger partial charge < -0.3 is 20.1 Å². The molecule has 0 aliphatic carbocycles. The number of carbonyl (C=O) groups is 3. The molecule has 4 heterocycles. The van der Waals surface area contributed by atoms with Crippen LogP contribution in [-0.4, -0.2) is 96.2 Å². The number of hydrogen-bond acceptors (Lipinski definition) is 10. The summed E-state index contributed by atoms with van der Waals surface area (Å²) in [5.41, 5.74) is 0. The van der Waals surface area contributed by atoms with E-state index in [4.69, 9.17) is 9.47 Å². The SMILES string of the molecule is CCOC(=O)NC(=O)C1CCSC1NC(=O)C1NC2CNC(N3CCOCC3)CC2S1. The fourth-order valence-electron chi connectivity index (χ4n) is 4.47. The number of rotatable bonds is 5. The number of alkyl carbamates (subject to hydrolysis) is 1. The number of morpholine rings is 1. The molecule has 4 fully saturated rings. The maximum absolute atomic E-state index is 12.9. The molecule has 0 saturated carbocycles. The Morgan fingerprint density at radius 1 is 1.23 bits per heavy atom. The second-order valence-corrected chi connectivity index (χ2v) is 10.6. The highest BCUT2D eigenvalue weighted by molar-refractivity contribution is 8.01. The molecule has 4 aliphatic heterocycles. The number of piperidine rings is 1. The molecule has 10 nitrogen and oxygen atoms in total. The van der Waals surface area contributed by atoms with E-state index in [2.05, 4.69) is 26.2 Å². The first-order chi connectivity index (χ1) is 15.0. The van der Waals surface area contributed by atoms with E-state index in [0.29, 0.717) is 17.8 Å². The molecule has 174 valence electrons. The van der Waals surface area contributed by atoms with Gasteiger partial charge in [0.05, 0.1) is 37.3 Å². The van der Waals surface area contributed by atoms with E-state index >= 15 is 0 Å². The minimum Gasteiger partial charge on any atom is -0.450 e. The molecule has 0 bridgehead atoms. The van der Waals surface area contributed by atoms with Gasteiger partial charge in [-0.25, -0.2) is 4.79 Å². The van der Waals surface area contributed by atoms with Crippen LogP contribution in [0.4, 0.5) is 4.79 Å². The Morgan fingerprint density at radius 3 is 2.81 bits per heavy atom. The minimum absolute atomic E-state index is 0.101. The third-order valence-electron chi connectivity index (χ3n) is 6.09. The van der Waals surface area contributed by atoms with Crippen molar-refractivity contribution in [1.29, 1.82) is 0 Å². The molecule has 4 rings (SSSR count). The van der Waals surface area contributed by atoms with Crippen molar-refractivity contribution >= 4 is 41.4 Å². The number of nitrogens with zero attached hydrogens (tertiary/aromatic N) is 1. The van der Waals surface area contributed by atoms with Gasteiger partial charge in [0.2, 0.25) is 11.8 Å². The van der Waals surface area contributed by atoms with E-state index in [-0.39, 0.29) is 29.3 Å². The van der Waals surface area contributed by atoms with Crippen molar-refractivity contribution in [3.63, 3.8) is 0 Å². The smallest absolute Gasteiger partial charge is 0.413 e. The second-order valence-electron chi connectivity index (χ2n) is 8.04. The molecule has 0 aromatic rings. The number of hydrogen-bond donors (Lipinski definition) is 4. The van der Waals surface area contributed by atoms with Gasteiger partial charge in [-0.15, -0.1) is 23.5 Å². The lowest BCUT2D eigenvalue weighted by Gasteiger charge is -2.40. The first-order valence-electron chi connectivity index (χ1n) is 10.9. The Balaban J connectivity index is 1.27. The van der Waals surface area contributed by atoms with Crippen LogP contribution in [0.1, 0.15) is 19.8 Å². The zero-order chi connectivity index (χ0) is 21.8. The van der Waals surface area contributed by atoms with Gasteiger partial charge in [-0.3, -0.25) is 25.1 Å². The predicted octanol–water partition coefficient (Wildman–Crippen LogP) is -0.494. The molecule has 6 unspecified atom stereocenters. The summed E-state index contributed by atoms with van der Waals surface area (Å²) in [6.45, 7) is 6.12. The van der Waals surface area contributed by atoms with Crippen molar-refractivity contribution in [3.8, 4) is 0 Å². The molecule has 3 amide bonds. The molecule has 4 aliphatic rings. The number of nitrogens with one attached hydrogen (secondary N) is 4. The van der Waals surface area contributed by atoms with Crippen LogP contribution in [-0.2, 0) is 19.1 Å². The Labute approximate surface area is 190 Å². The monoisotopic (exact) mass is 473 g/mol. The average molecular weight is 474 g/mol. The van der Waals surface area contributed by atoms with Crippen LogP contribution in [0.2, 0.25) is 0 Å². The Morgan fingerprint density at radius 2 is 2.03 bits per heavy atom. The van der Waals surface area contributed by atoms with Crippen molar-refractivity contribution in [1.82, 2.24) is 26.2 Å². The lowest BCUT2D eigenvalue weighted by molar-refractivity contribution is -0.125. The third-order valence-corrected chi connectivity index (χ3v) is 8.86. The van der Waals surface area contributed by atoms with Crippen LogP contribution >= 0.6 is 23.5 Å². The van der Waals surface area contributed by atoms with E-state index in [9.17, 15) is 14.4 Å². The molecule has 6 atom stereocenters. The highest BCUT2D eigenvalue weighted by atomic mass is 32.2. The summed E-state index contributed by atoms with van der Waals surface area (Å²) >= 11 is 3.21. The number of imide groups is 1. The molecule has 0 radical (unpaired) electrons. The summed E-state index contributed by atoms with van der Waals surface area (Å²) in [4.78, 5) is 39.3. The lowest BCUT2D eigenvalue weighted by atomic mass is 10.0. The number of amides is 3. The van der Waals surface area contributed by atoms with Crippen LogP contribution in [0.25, 0.3) is 0 Å². The molecule has 0 spiro atoms. The van der Waals surface area contributed by atoms with Crippen LogP contribution in [0.3, 0.4) is 0 Å². The first kappa shape index (κ1) is 23.1. The van der Waals surface area contributed by atoms with Gasteiger partial charge in [0.15, 0.2) is 0 Å². The predicted molar refractivity (Wildman–Crippen MR) is 119 cm³/mol. The number of fused-ring (bicyclic) bond motifs is 1. The number of thioether (sulfide) groups is 2. The molecule has 12 heteroatoms. The summed E-state index contributed by atoms with van der Waals surface area (Å²) in [6.07, 6.45) is 1.17. The summed E-state index contributed by atoms with van der Waals surface area (Å²) < 4.78 is 10.2. The highest BCUT2D eigenvalue weighted by Gasteiger charge is 2.44. The van der Waals surface area contributed by atoms with Gasteiger partial charge in [0.1, 0.15) is 5.37 Å². The lowest BCUT2D eigenvalue weighted by Crippen LogP contribution is -2.59. The standard InChI is InChI=1S/C19H31N5O5S2/c1-2-29-19(27)23-15(25)11-3-8-30-17(11)22-16(26)18-21-12-10-20-14(9-13(12)31-18)24-4-6-28-7-5-24/h11-14,17-18,20-21H,2-10H2,1H3,(H,22,26)(H,23,25,27). The summed E-state index contributed by atoms with van der Waals surface area (Å²) in [5, 5.41) is 12.0. The summed E-state index contributed by atoms with van der Waals surface area (Å²) in [5.74, 6) is -0.185. The topological polar surface area (TPSA) is 121 Å². The zero-order valence-electron chi connectivity index (χ0n) is 17.6. The number of ether oxygens (including phenoxy) is 2. The van der Waals surface area contributed by atoms with E-state index < -0.39 is 17.9 Å². The highest BCUT2D eigenvalue weighted by Crippen LogP contribution is 2.35. The van der Waals surface area contributed by atoms with Crippen LogP contribution in [0, 0.1) is 5.92 Å². The molecule has 0 aromatic heterocycles. The molecule has 4 saturated heterocycles. The van der Waals surface area contributed by atoms with Crippen molar-refractivity contribution < 1.29 is 23.9 Å². The number of carbonyl (C=O) groups excluding carboxylic acids is 3. The van der Waals surface area contributed by atoms with Crippen LogP contribution in [0.5, 0.6) is 0 Å². The van der Waals surface area contributed by atoms with E-state index in [1.54, 1.807) is 18.7 Å². The van der Waals surface area contributed by atoms with Gasteiger partial charge in [0, 0.05) is 30.9 Å². The largest absolute Gasteiger partial charge is 0.450 e. The fourth-order valence-corrected chi connectivity index (χ4v) is 7.26. The minimum atomic E-state index is -0.742. The third kappa shape index (κ3) is 5.66. The molecule has 4 N–H and O–H groups in total. The van der Waals surface area contributed by atoms with E-state index in [1.165, 1.54) is 11.8 Å². The van der Waals surface area contributed by atoms with Gasteiger partial charge in [-0.1, -0.05) is 0 Å². The van der Waals surface area contributed by atoms with E-state index in [1.807, 2.05) is 0 Å². The maximum atomic E-state index is 12.9. The average Bonchev–Trinajstić information content (AvgIpc) is 3.40. The normalized spacial score (nSPS) is 35.9. The molecular weight excluding hydrogens is 442 g/mol. The van der Waals surface area contributed by atoms with Gasteiger partial charge in [0.25, 0.3) is 0 Å². The van der Waals surface area contributed by atoms with Gasteiger partial charge >= 0.3 is 6.09 Å². The van der Waals surface area contributed by atoms with Gasteiger partial charge in [-0.2, -0.15) is 0 Å². The summed E-state index contributed by atoms with van der Waals surface area (Å²) in [6, 6.07) is 0.247. The Bertz CT molecular complexity index is 680. The van der Waals surface area contributed by atoms with Crippen molar-refractivity contribution in [3.05, 3.63) is 0 Å². The van der Waals surface area contributed by atoms with Gasteiger partial charge in [-0.05, 0) is 25.5 Å². The summed E-state index contributed by atoms with van der Waals surface area (Å²) in [7, 11) is 0. The van der Waals surface area contributed by atoms with Crippen molar-refractivity contribution in [2.24, 2.45) is 5.92 Å². The van der Waals surface area contributed by atoms with Crippen molar-refractivity contribution in [2.75, 3.05) is 45.2 Å². The fraction of sp³-hybridized carbons (Fsp3) is 0.842. The Hall–Kier alpha value is -1.05. The van der Waals surface area contributed by atoms with E-state index in [0.717, 1.165) is 45.0 Å². The molecule has 31 heavy (non-hydrogen) atoms. The molecular formula is C19H31N5O5S2. The maximum Gasteiger partial charge on any atom is 0.413 e. The quantitative estimate of drug-likeness (QED) is 0.416. The van der Waals surface area contributed by atoms with Crippen LogP contribution < -0.4 is 21.3 Å². The molecule has 0 aromatic carbocycles. The zero-order valence-corrected chi connectivity index (χ0v) is 19.3. The first-order valence-corrected chi connectivity index (χ1v) is 12.9. The Kier molecular flexibility index (Phi) is 7.99. The van der Waals surface area contributed by atoms with Crippen molar-refractivity contribution in [2.45, 2.75) is 48.0 Å². The van der Waals surface area contributed by atoms with Crippen LogP contribution in [0.15, 0.2) is 0 Å². The second kappa shape index (κ2) is 10.7.